The van der Waals surface area contributed by atoms with Gasteiger partial charge in [0, 0.05) is 5.92 Å². The van der Waals surface area contributed by atoms with Crippen LogP contribution in [0.5, 0.6) is 0 Å². The van der Waals surface area contributed by atoms with Gasteiger partial charge >= 0.3 is 0 Å². The van der Waals surface area contributed by atoms with Gasteiger partial charge in [-0.1, -0.05) is 13.3 Å². The van der Waals surface area contributed by atoms with Crippen molar-refractivity contribution < 1.29 is 9.90 Å². The minimum absolute atomic E-state index is 0.0370. The van der Waals surface area contributed by atoms with Gasteiger partial charge in [-0.2, -0.15) is 0 Å². The van der Waals surface area contributed by atoms with Crippen molar-refractivity contribution in [2.45, 2.75) is 97.0 Å². The minimum atomic E-state index is -0.0370. The van der Waals surface area contributed by atoms with Crippen LogP contribution < -0.4 is 0 Å². The van der Waals surface area contributed by atoms with Gasteiger partial charge in [-0.05, 0) is 118 Å². The van der Waals surface area contributed by atoms with Gasteiger partial charge in [0.1, 0.15) is 5.78 Å². The zero-order valence-corrected chi connectivity index (χ0v) is 16.9. The molecule has 0 saturated heterocycles. The average Bonchev–Trinajstić information content (AvgIpc) is 3.02. The largest absolute Gasteiger partial charge is 0.393 e. The van der Waals surface area contributed by atoms with Crippen LogP contribution in [0.1, 0.15) is 90.9 Å². The Kier molecular flexibility index (Phi) is 4.13. The SMILES string of the molecule is CC(=O)[C@H]1CCC[C@]23CCC4C(CC[C@H]5C[C@H](O)CC[C@]45C)C2CCC13. The van der Waals surface area contributed by atoms with Crippen molar-refractivity contribution in [1.82, 2.24) is 0 Å². The van der Waals surface area contributed by atoms with Crippen LogP contribution in [-0.2, 0) is 4.79 Å². The van der Waals surface area contributed by atoms with Crippen molar-refractivity contribution in [2.24, 2.45) is 46.3 Å². The molecule has 5 aliphatic carbocycles. The number of carbonyl (C=O) groups excluding carboxylic acids is 1. The monoisotopic (exact) mass is 358 g/mol. The summed E-state index contributed by atoms with van der Waals surface area (Å²) in [5.74, 6) is 5.03. The van der Waals surface area contributed by atoms with E-state index >= 15 is 0 Å². The van der Waals surface area contributed by atoms with Gasteiger partial charge in [0.15, 0.2) is 0 Å². The van der Waals surface area contributed by atoms with Gasteiger partial charge in [-0.25, -0.2) is 0 Å². The molecule has 0 aromatic heterocycles. The molecular formula is C24H38O2. The summed E-state index contributed by atoms with van der Waals surface area (Å²) in [5, 5.41) is 10.2. The minimum Gasteiger partial charge on any atom is -0.393 e. The van der Waals surface area contributed by atoms with Crippen molar-refractivity contribution in [3.63, 3.8) is 0 Å². The molecule has 1 spiro atoms. The molecule has 0 aromatic rings. The lowest BCUT2D eigenvalue weighted by atomic mass is 9.43. The van der Waals surface area contributed by atoms with Crippen LogP contribution in [0.2, 0.25) is 0 Å². The first-order valence-corrected chi connectivity index (χ1v) is 11.6. The van der Waals surface area contributed by atoms with E-state index in [0.29, 0.717) is 28.4 Å². The predicted molar refractivity (Wildman–Crippen MR) is 104 cm³/mol. The first-order valence-electron chi connectivity index (χ1n) is 11.6. The van der Waals surface area contributed by atoms with Crippen molar-refractivity contribution >= 4 is 5.78 Å². The lowest BCUT2D eigenvalue weighted by molar-refractivity contribution is -0.147. The van der Waals surface area contributed by atoms with Gasteiger partial charge in [-0.3, -0.25) is 4.79 Å². The van der Waals surface area contributed by atoms with Crippen LogP contribution in [-0.4, -0.2) is 17.0 Å². The molecule has 1 N–H and O–H groups in total. The van der Waals surface area contributed by atoms with Crippen LogP contribution in [0.4, 0.5) is 0 Å². The number of carbonyl (C=O) groups is 1. The summed E-state index contributed by atoms with van der Waals surface area (Å²) in [6.45, 7) is 4.45. The van der Waals surface area contributed by atoms with E-state index in [4.69, 9.17) is 0 Å². The number of hydrogen-bond donors (Lipinski definition) is 1. The van der Waals surface area contributed by atoms with E-state index in [1.165, 1.54) is 64.2 Å². The highest BCUT2D eigenvalue weighted by atomic mass is 16.3. The Bertz CT molecular complexity index is 585. The first kappa shape index (κ1) is 17.7. The third kappa shape index (κ3) is 2.29. The van der Waals surface area contributed by atoms with Crippen LogP contribution >= 0.6 is 0 Å². The maximum absolute atomic E-state index is 12.3. The maximum Gasteiger partial charge on any atom is 0.133 e. The van der Waals surface area contributed by atoms with Crippen molar-refractivity contribution in [3.8, 4) is 0 Å². The Balaban J connectivity index is 1.44. The molecule has 4 unspecified atom stereocenters. The summed E-state index contributed by atoms with van der Waals surface area (Å²) in [6, 6.07) is 0. The quantitative estimate of drug-likeness (QED) is 0.683. The molecule has 0 heterocycles. The molecule has 9 atom stereocenters. The summed E-state index contributed by atoms with van der Waals surface area (Å²) in [5.41, 5.74) is 1.00. The lowest BCUT2D eigenvalue weighted by Crippen LogP contribution is -2.55. The predicted octanol–water partition coefficient (Wildman–Crippen LogP) is 5.38. The normalized spacial score (nSPS) is 56.0. The molecule has 5 aliphatic rings. The highest BCUT2D eigenvalue weighted by molar-refractivity contribution is 5.78. The van der Waals surface area contributed by atoms with E-state index in [9.17, 15) is 9.90 Å². The summed E-state index contributed by atoms with van der Waals surface area (Å²) in [7, 11) is 0. The third-order valence-corrected chi connectivity index (χ3v) is 10.6. The summed E-state index contributed by atoms with van der Waals surface area (Å²) >= 11 is 0. The van der Waals surface area contributed by atoms with Crippen LogP contribution in [0, 0.1) is 46.3 Å². The van der Waals surface area contributed by atoms with E-state index in [2.05, 4.69) is 6.92 Å². The fourth-order valence-corrected chi connectivity index (χ4v) is 9.52. The van der Waals surface area contributed by atoms with Crippen LogP contribution in [0.3, 0.4) is 0 Å². The summed E-state index contributed by atoms with van der Waals surface area (Å²) in [4.78, 5) is 12.3. The van der Waals surface area contributed by atoms with Gasteiger partial charge in [0.25, 0.3) is 0 Å². The van der Waals surface area contributed by atoms with Crippen LogP contribution in [0.15, 0.2) is 0 Å². The molecule has 0 bridgehead atoms. The molecule has 2 nitrogen and oxygen atoms in total. The van der Waals surface area contributed by atoms with Gasteiger partial charge in [0.05, 0.1) is 6.10 Å². The second-order valence-electron chi connectivity index (χ2n) is 11.2. The fraction of sp³-hybridized carbons (Fsp3) is 0.958. The number of Topliss-reactive ketones (excluding diaryl/α,β-unsaturated/α-hetero) is 1. The highest BCUT2D eigenvalue weighted by Gasteiger charge is 2.63. The van der Waals surface area contributed by atoms with E-state index in [0.717, 1.165) is 36.5 Å². The standard InChI is InChI=1S/C24H38O2/c1-15(25)18-4-3-11-24-13-10-20-19(22(24)8-7-21(18)24)6-5-16-14-17(26)9-12-23(16,20)2/h16-22,26H,3-14H2,1-2H3/t16-,17+,18+,19?,20?,21?,22?,23-,24+/m0/s1. The summed E-state index contributed by atoms with van der Waals surface area (Å²) < 4.78 is 0. The Morgan fingerprint density at radius 3 is 2.50 bits per heavy atom. The molecular weight excluding hydrogens is 320 g/mol. The lowest BCUT2D eigenvalue weighted by Gasteiger charge is -2.62. The van der Waals surface area contributed by atoms with Gasteiger partial charge < -0.3 is 5.11 Å². The van der Waals surface area contributed by atoms with Crippen LogP contribution in [0.25, 0.3) is 0 Å². The molecule has 26 heavy (non-hydrogen) atoms. The molecule has 0 aliphatic heterocycles. The molecule has 146 valence electrons. The van der Waals surface area contributed by atoms with E-state index in [1.807, 2.05) is 6.92 Å². The molecule has 0 aromatic carbocycles. The van der Waals surface area contributed by atoms with Crippen molar-refractivity contribution in [3.05, 3.63) is 0 Å². The Hall–Kier alpha value is -0.370. The molecule has 5 saturated carbocycles. The fourth-order valence-electron chi connectivity index (χ4n) is 9.52. The van der Waals surface area contributed by atoms with E-state index in [-0.39, 0.29) is 6.10 Å². The van der Waals surface area contributed by atoms with E-state index in [1.54, 1.807) is 0 Å². The second kappa shape index (κ2) is 6.06. The molecule has 2 heteroatoms. The smallest absolute Gasteiger partial charge is 0.133 e. The summed E-state index contributed by atoms with van der Waals surface area (Å²) in [6.07, 6.45) is 15.5. The molecule has 5 rings (SSSR count). The zero-order valence-electron chi connectivity index (χ0n) is 16.9. The van der Waals surface area contributed by atoms with Gasteiger partial charge in [-0.15, -0.1) is 0 Å². The second-order valence-corrected chi connectivity index (χ2v) is 11.2. The number of rotatable bonds is 1. The highest BCUT2D eigenvalue weighted by Crippen LogP contribution is 2.70. The number of hydrogen-bond acceptors (Lipinski definition) is 2. The average molecular weight is 359 g/mol. The third-order valence-electron chi connectivity index (χ3n) is 10.6. The van der Waals surface area contributed by atoms with Crippen molar-refractivity contribution in [1.29, 1.82) is 0 Å². The molecule has 0 amide bonds. The Morgan fingerprint density at radius 1 is 0.885 bits per heavy atom. The van der Waals surface area contributed by atoms with E-state index < -0.39 is 0 Å². The zero-order chi connectivity index (χ0) is 18.1. The number of aliphatic hydroxyl groups excluding tert-OH is 1. The number of aliphatic hydroxyl groups is 1. The first-order chi connectivity index (χ1) is 12.5. The molecule has 5 fully saturated rings. The molecule has 0 radical (unpaired) electrons. The Morgan fingerprint density at radius 2 is 1.69 bits per heavy atom. The van der Waals surface area contributed by atoms with Gasteiger partial charge in [0.2, 0.25) is 0 Å². The topological polar surface area (TPSA) is 37.3 Å². The number of ketones is 1. The van der Waals surface area contributed by atoms with Crippen molar-refractivity contribution in [2.75, 3.05) is 0 Å². The Labute approximate surface area is 159 Å². The maximum atomic E-state index is 12.3. The number of fused-ring (bicyclic) bond motifs is 4.